The number of hydrogen-bond donors (Lipinski definition) is 2. The highest BCUT2D eigenvalue weighted by atomic mass is 32.3. The molecule has 1 unspecified atom stereocenters. The molecule has 7 nitrogen and oxygen atoms in total. The molecule has 0 aromatic rings. The van der Waals surface area contributed by atoms with Crippen LogP contribution in [-0.4, -0.2) is 57.3 Å². The van der Waals surface area contributed by atoms with Gasteiger partial charge in [0.25, 0.3) is 0 Å². The zero-order chi connectivity index (χ0) is 13.7. The fourth-order valence-electron chi connectivity index (χ4n) is 1.00. The zero-order valence-electron chi connectivity index (χ0n) is 9.41. The van der Waals surface area contributed by atoms with Crippen molar-refractivity contribution in [2.24, 2.45) is 0 Å². The molecular weight excluding hydrogens is 290 g/mol. The maximum atomic E-state index is 11.4. The maximum Gasteiger partial charge on any atom is 0.321 e. The van der Waals surface area contributed by atoms with Gasteiger partial charge in [-0.1, -0.05) is 0 Å². The standard InChI is InChI=1S/C7H15NO6S3/c1-15-4-3-6(7(9)10)8-17(13,14)5-16(2,11)12/h6,8H,3-5H2,1-2H3,(H,9,10). The van der Waals surface area contributed by atoms with E-state index in [2.05, 4.69) is 0 Å². The number of aliphatic carboxylic acids is 1. The SMILES string of the molecule is CSCCC(NS(=O)(=O)CS(C)(=O)=O)C(=O)O. The summed E-state index contributed by atoms with van der Waals surface area (Å²) >= 11 is 1.37. The van der Waals surface area contributed by atoms with Gasteiger partial charge in [-0.05, 0) is 18.4 Å². The van der Waals surface area contributed by atoms with E-state index < -0.39 is 37.0 Å². The number of thioether (sulfide) groups is 1. The number of carbonyl (C=O) groups is 1. The van der Waals surface area contributed by atoms with Crippen LogP contribution in [0.15, 0.2) is 0 Å². The van der Waals surface area contributed by atoms with Crippen LogP contribution in [0.25, 0.3) is 0 Å². The monoisotopic (exact) mass is 305 g/mol. The van der Waals surface area contributed by atoms with Crippen molar-refractivity contribution in [3.8, 4) is 0 Å². The summed E-state index contributed by atoms with van der Waals surface area (Å²) in [5.41, 5.74) is 0. The van der Waals surface area contributed by atoms with Crippen molar-refractivity contribution in [2.75, 3.05) is 23.3 Å². The average Bonchev–Trinajstić information content (AvgIpc) is 2.07. The molecule has 0 aliphatic heterocycles. The molecule has 2 N–H and O–H groups in total. The van der Waals surface area contributed by atoms with E-state index in [0.717, 1.165) is 6.26 Å². The molecule has 0 heterocycles. The predicted octanol–water partition coefficient (Wildman–Crippen LogP) is -0.886. The Kier molecular flexibility index (Phi) is 6.45. The van der Waals surface area contributed by atoms with Gasteiger partial charge in [-0.25, -0.2) is 21.6 Å². The topological polar surface area (TPSA) is 118 Å². The number of sulfonamides is 1. The number of hydrogen-bond acceptors (Lipinski definition) is 6. The molecule has 0 saturated carbocycles. The van der Waals surface area contributed by atoms with Gasteiger partial charge in [0.1, 0.15) is 6.04 Å². The van der Waals surface area contributed by atoms with Gasteiger partial charge in [0.2, 0.25) is 10.0 Å². The van der Waals surface area contributed by atoms with Crippen molar-refractivity contribution in [3.05, 3.63) is 0 Å². The highest BCUT2D eigenvalue weighted by Crippen LogP contribution is 2.03. The molecule has 17 heavy (non-hydrogen) atoms. The van der Waals surface area contributed by atoms with Gasteiger partial charge in [-0.2, -0.15) is 11.8 Å². The van der Waals surface area contributed by atoms with Crippen molar-refractivity contribution in [2.45, 2.75) is 12.5 Å². The summed E-state index contributed by atoms with van der Waals surface area (Å²) < 4.78 is 46.3. The molecule has 0 spiro atoms. The van der Waals surface area contributed by atoms with Crippen LogP contribution in [0, 0.1) is 0 Å². The summed E-state index contributed by atoms with van der Waals surface area (Å²) in [6, 6.07) is -1.30. The number of rotatable bonds is 8. The fraction of sp³-hybridized carbons (Fsp3) is 0.857. The predicted molar refractivity (Wildman–Crippen MR) is 66.2 cm³/mol. The molecule has 0 fully saturated rings. The Morgan fingerprint density at radius 1 is 1.35 bits per heavy atom. The van der Waals surface area contributed by atoms with Crippen LogP contribution in [0.2, 0.25) is 0 Å². The molecule has 0 radical (unpaired) electrons. The zero-order valence-corrected chi connectivity index (χ0v) is 11.9. The second kappa shape index (κ2) is 6.57. The first kappa shape index (κ1) is 16.7. The Morgan fingerprint density at radius 2 is 1.88 bits per heavy atom. The van der Waals surface area contributed by atoms with E-state index in [1.54, 1.807) is 6.26 Å². The van der Waals surface area contributed by atoms with Gasteiger partial charge in [0.15, 0.2) is 14.9 Å². The second-order valence-electron chi connectivity index (χ2n) is 3.45. The first-order valence-electron chi connectivity index (χ1n) is 4.47. The van der Waals surface area contributed by atoms with E-state index in [0.29, 0.717) is 5.75 Å². The van der Waals surface area contributed by atoms with Crippen molar-refractivity contribution >= 4 is 37.6 Å². The van der Waals surface area contributed by atoms with Crippen molar-refractivity contribution in [1.82, 2.24) is 4.72 Å². The van der Waals surface area contributed by atoms with Gasteiger partial charge in [0, 0.05) is 6.26 Å². The van der Waals surface area contributed by atoms with Crippen molar-refractivity contribution in [1.29, 1.82) is 0 Å². The summed E-state index contributed by atoms with van der Waals surface area (Å²) in [4.78, 5) is 10.8. The van der Waals surface area contributed by atoms with Gasteiger partial charge in [-0.15, -0.1) is 0 Å². The lowest BCUT2D eigenvalue weighted by Crippen LogP contribution is -2.43. The van der Waals surface area contributed by atoms with Crippen molar-refractivity contribution in [3.63, 3.8) is 0 Å². The summed E-state index contributed by atoms with van der Waals surface area (Å²) in [5.74, 6) is -0.866. The Labute approximate surface area is 105 Å². The molecule has 0 saturated heterocycles. The number of carboxylic acid groups (broad SMARTS) is 1. The van der Waals surface area contributed by atoms with E-state index >= 15 is 0 Å². The molecule has 0 aromatic heterocycles. The van der Waals surface area contributed by atoms with Gasteiger partial charge >= 0.3 is 5.97 Å². The molecule has 102 valence electrons. The van der Waals surface area contributed by atoms with Crippen LogP contribution >= 0.6 is 11.8 Å². The van der Waals surface area contributed by atoms with E-state index in [1.807, 2.05) is 4.72 Å². The molecule has 0 bridgehead atoms. The van der Waals surface area contributed by atoms with Crippen LogP contribution in [0.1, 0.15) is 6.42 Å². The highest BCUT2D eigenvalue weighted by molar-refractivity contribution is 8.06. The van der Waals surface area contributed by atoms with E-state index in [1.165, 1.54) is 11.8 Å². The maximum absolute atomic E-state index is 11.4. The quantitative estimate of drug-likeness (QED) is 0.597. The Balaban J connectivity index is 4.70. The number of carboxylic acids is 1. The summed E-state index contributed by atoms with van der Waals surface area (Å²) in [6.45, 7) is 0. The third-order valence-corrected chi connectivity index (χ3v) is 5.84. The van der Waals surface area contributed by atoms with Crippen LogP contribution in [0.5, 0.6) is 0 Å². The largest absolute Gasteiger partial charge is 0.480 e. The minimum Gasteiger partial charge on any atom is -0.480 e. The molecular formula is C7H15NO6S3. The van der Waals surface area contributed by atoms with Gasteiger partial charge in [0.05, 0.1) is 0 Å². The Hall–Kier alpha value is -0.320. The Bertz CT molecular complexity index is 454. The molecule has 0 aromatic carbocycles. The third kappa shape index (κ3) is 8.41. The van der Waals surface area contributed by atoms with E-state index in [9.17, 15) is 21.6 Å². The van der Waals surface area contributed by atoms with Crippen LogP contribution in [-0.2, 0) is 24.7 Å². The lowest BCUT2D eigenvalue weighted by atomic mass is 10.2. The van der Waals surface area contributed by atoms with E-state index in [4.69, 9.17) is 5.11 Å². The van der Waals surface area contributed by atoms with E-state index in [-0.39, 0.29) is 6.42 Å². The molecule has 0 aliphatic rings. The van der Waals surface area contributed by atoms with Crippen LogP contribution in [0.3, 0.4) is 0 Å². The molecule has 0 rings (SSSR count). The first-order valence-corrected chi connectivity index (χ1v) is 9.57. The number of nitrogens with one attached hydrogen (secondary N) is 1. The lowest BCUT2D eigenvalue weighted by molar-refractivity contribution is -0.139. The molecule has 10 heteroatoms. The van der Waals surface area contributed by atoms with Crippen molar-refractivity contribution < 1.29 is 26.7 Å². The fourth-order valence-corrected chi connectivity index (χ4v) is 4.65. The minimum atomic E-state index is -4.14. The second-order valence-corrected chi connectivity index (χ2v) is 8.69. The van der Waals surface area contributed by atoms with Crippen LogP contribution < -0.4 is 4.72 Å². The molecule has 1 atom stereocenters. The smallest absolute Gasteiger partial charge is 0.321 e. The average molecular weight is 305 g/mol. The minimum absolute atomic E-state index is 0.0967. The summed E-state index contributed by atoms with van der Waals surface area (Å²) in [5, 5.41) is 7.67. The highest BCUT2D eigenvalue weighted by Gasteiger charge is 2.26. The molecule has 0 amide bonds. The Morgan fingerprint density at radius 3 is 2.24 bits per heavy atom. The normalized spacial score (nSPS) is 14.5. The van der Waals surface area contributed by atoms with Crippen LogP contribution in [0.4, 0.5) is 0 Å². The summed E-state index contributed by atoms with van der Waals surface area (Å²) in [7, 11) is -7.86. The van der Waals surface area contributed by atoms with Gasteiger partial charge in [-0.3, -0.25) is 4.79 Å². The number of sulfone groups is 1. The summed E-state index contributed by atoms with van der Waals surface area (Å²) in [6.07, 6.45) is 2.62. The lowest BCUT2D eigenvalue weighted by Gasteiger charge is -2.13. The third-order valence-electron chi connectivity index (χ3n) is 1.60. The molecule has 0 aliphatic carbocycles. The van der Waals surface area contributed by atoms with Gasteiger partial charge < -0.3 is 5.11 Å². The first-order chi connectivity index (χ1) is 7.57.